The second-order valence-electron chi connectivity index (χ2n) is 7.46. The molecule has 0 heterocycles. The molecule has 0 unspecified atom stereocenters. The fraction of sp³-hybridized carbons (Fsp3) is 0.240. The summed E-state index contributed by atoms with van der Waals surface area (Å²) in [7, 11) is -2.26. The number of methoxy groups -OCH3 is 1. The van der Waals surface area contributed by atoms with Gasteiger partial charge in [-0.25, -0.2) is 8.42 Å². The maximum absolute atomic E-state index is 13.3. The number of carbonyl (C=O) groups is 1. The van der Waals surface area contributed by atoms with Crippen LogP contribution in [0.3, 0.4) is 0 Å². The maximum Gasteiger partial charge on any atom is 0.264 e. The van der Waals surface area contributed by atoms with Crippen molar-refractivity contribution in [1.29, 1.82) is 0 Å². The van der Waals surface area contributed by atoms with Crippen LogP contribution < -0.4 is 14.4 Å². The van der Waals surface area contributed by atoms with Crippen molar-refractivity contribution < 1.29 is 17.9 Å². The van der Waals surface area contributed by atoms with Crippen LogP contribution in [0.25, 0.3) is 0 Å². The van der Waals surface area contributed by atoms with Crippen LogP contribution in [0.15, 0.2) is 83.8 Å². The lowest BCUT2D eigenvalue weighted by Gasteiger charge is -2.24. The summed E-state index contributed by atoms with van der Waals surface area (Å²) in [6.07, 6.45) is 1.54. The van der Waals surface area contributed by atoms with Crippen molar-refractivity contribution in [3.8, 4) is 5.75 Å². The van der Waals surface area contributed by atoms with Gasteiger partial charge in [-0.3, -0.25) is 9.10 Å². The second kappa shape index (κ2) is 10.8. The molecule has 0 radical (unpaired) electrons. The van der Waals surface area contributed by atoms with Gasteiger partial charge in [-0.15, -0.1) is 0 Å². The number of para-hydroxylation sites is 1. The molecular formula is C25H28N2O4S. The first kappa shape index (κ1) is 23.3. The third-order valence-corrected chi connectivity index (χ3v) is 6.85. The van der Waals surface area contributed by atoms with Gasteiger partial charge in [0.1, 0.15) is 12.3 Å². The lowest BCUT2D eigenvalue weighted by atomic mass is 10.1. The van der Waals surface area contributed by atoms with E-state index in [9.17, 15) is 13.2 Å². The van der Waals surface area contributed by atoms with Gasteiger partial charge in [0.15, 0.2) is 0 Å². The van der Waals surface area contributed by atoms with E-state index in [4.69, 9.17) is 4.74 Å². The van der Waals surface area contributed by atoms with Crippen LogP contribution >= 0.6 is 0 Å². The normalized spacial score (nSPS) is 11.1. The molecule has 0 bridgehead atoms. The summed E-state index contributed by atoms with van der Waals surface area (Å²) in [5, 5.41) is 2.84. The maximum atomic E-state index is 13.3. The molecule has 0 aliphatic carbocycles. The van der Waals surface area contributed by atoms with Crippen molar-refractivity contribution in [2.75, 3.05) is 24.5 Å². The molecule has 0 aliphatic rings. The Morgan fingerprint density at radius 1 is 0.938 bits per heavy atom. The van der Waals surface area contributed by atoms with E-state index in [1.807, 2.05) is 31.2 Å². The molecule has 168 valence electrons. The van der Waals surface area contributed by atoms with Crippen LogP contribution in [-0.2, 0) is 21.2 Å². The quantitative estimate of drug-likeness (QED) is 0.473. The average molecular weight is 453 g/mol. The summed E-state index contributed by atoms with van der Waals surface area (Å²) < 4.78 is 32.9. The Morgan fingerprint density at radius 3 is 2.22 bits per heavy atom. The lowest BCUT2D eigenvalue weighted by molar-refractivity contribution is -0.119. The monoisotopic (exact) mass is 452 g/mol. The molecule has 7 heteroatoms. The Bertz CT molecular complexity index is 1110. The molecule has 3 aromatic carbocycles. The molecule has 0 aliphatic heterocycles. The molecule has 3 aromatic rings. The summed E-state index contributed by atoms with van der Waals surface area (Å²) >= 11 is 0. The first-order chi connectivity index (χ1) is 15.4. The zero-order valence-corrected chi connectivity index (χ0v) is 19.1. The number of nitrogens with zero attached hydrogens (tertiary/aromatic N) is 1. The first-order valence-corrected chi connectivity index (χ1v) is 11.9. The van der Waals surface area contributed by atoms with Crippen LogP contribution in [0.4, 0.5) is 5.69 Å². The Kier molecular flexibility index (Phi) is 7.89. The molecule has 0 fully saturated rings. The zero-order valence-electron chi connectivity index (χ0n) is 18.3. The number of amides is 1. The number of benzene rings is 3. The van der Waals surface area contributed by atoms with E-state index in [1.165, 1.54) is 0 Å². The molecular weight excluding hydrogens is 424 g/mol. The average Bonchev–Trinajstić information content (AvgIpc) is 2.81. The molecule has 0 spiro atoms. The molecule has 0 aromatic heterocycles. The van der Waals surface area contributed by atoms with E-state index in [0.717, 1.165) is 34.0 Å². The summed E-state index contributed by atoms with van der Waals surface area (Å²) in [6.45, 7) is 2.06. The number of nitrogens with one attached hydrogen (secondary N) is 1. The van der Waals surface area contributed by atoms with Crippen molar-refractivity contribution in [1.82, 2.24) is 5.32 Å². The van der Waals surface area contributed by atoms with Gasteiger partial charge < -0.3 is 10.1 Å². The molecule has 0 saturated heterocycles. The number of hydrogen-bond acceptors (Lipinski definition) is 4. The third kappa shape index (κ3) is 6.11. The van der Waals surface area contributed by atoms with Crippen molar-refractivity contribution in [2.45, 2.75) is 24.7 Å². The predicted molar refractivity (Wildman–Crippen MR) is 126 cm³/mol. The van der Waals surface area contributed by atoms with Gasteiger partial charge in [0, 0.05) is 6.54 Å². The summed E-state index contributed by atoms with van der Waals surface area (Å²) in [6, 6.07) is 23.1. The number of hydrogen-bond donors (Lipinski definition) is 1. The van der Waals surface area contributed by atoms with Crippen LogP contribution in [-0.4, -0.2) is 34.5 Å². The van der Waals surface area contributed by atoms with E-state index in [2.05, 4.69) is 5.32 Å². The molecule has 32 heavy (non-hydrogen) atoms. The Balaban J connectivity index is 1.64. The Labute approximate surface area is 189 Å². The van der Waals surface area contributed by atoms with Crippen LogP contribution in [0.5, 0.6) is 5.75 Å². The van der Waals surface area contributed by atoms with Gasteiger partial charge in [-0.1, -0.05) is 48.0 Å². The number of carbonyl (C=O) groups excluding carboxylic acids is 1. The summed E-state index contributed by atoms with van der Waals surface area (Å²) in [4.78, 5) is 12.8. The van der Waals surface area contributed by atoms with E-state index in [-0.39, 0.29) is 17.3 Å². The molecule has 0 atom stereocenters. The minimum atomic E-state index is -3.89. The molecule has 1 amide bonds. The number of anilines is 1. The first-order valence-electron chi connectivity index (χ1n) is 10.4. The van der Waals surface area contributed by atoms with E-state index in [0.29, 0.717) is 12.2 Å². The highest BCUT2D eigenvalue weighted by Crippen LogP contribution is 2.23. The van der Waals surface area contributed by atoms with Gasteiger partial charge in [0.05, 0.1) is 17.7 Å². The lowest BCUT2D eigenvalue weighted by Crippen LogP contribution is -2.41. The fourth-order valence-corrected chi connectivity index (χ4v) is 4.67. The predicted octanol–water partition coefficient (Wildman–Crippen LogP) is 3.95. The highest BCUT2D eigenvalue weighted by Gasteiger charge is 2.26. The molecule has 0 saturated carbocycles. The van der Waals surface area contributed by atoms with Gasteiger partial charge in [0.25, 0.3) is 10.0 Å². The van der Waals surface area contributed by atoms with Crippen molar-refractivity contribution >= 4 is 21.6 Å². The van der Waals surface area contributed by atoms with Crippen molar-refractivity contribution in [3.05, 3.63) is 90.0 Å². The van der Waals surface area contributed by atoms with Crippen LogP contribution in [0.1, 0.15) is 17.5 Å². The van der Waals surface area contributed by atoms with E-state index < -0.39 is 10.0 Å². The number of rotatable bonds is 10. The standard InChI is InChI=1S/C25H28N2O4S/c1-20-10-16-24(17-11-20)32(29,30)27(22-8-4-3-5-9-22)19-25(28)26-18-6-7-21-12-14-23(31-2)15-13-21/h3-5,8-17H,6-7,18-19H2,1-2H3,(H,26,28). The van der Waals surface area contributed by atoms with Gasteiger partial charge in [0.2, 0.25) is 5.91 Å². The van der Waals surface area contributed by atoms with Gasteiger partial charge >= 0.3 is 0 Å². The zero-order chi connectivity index (χ0) is 23.0. The topological polar surface area (TPSA) is 75.7 Å². The fourth-order valence-electron chi connectivity index (χ4n) is 3.25. The summed E-state index contributed by atoms with van der Waals surface area (Å²) in [5.74, 6) is 0.456. The van der Waals surface area contributed by atoms with E-state index in [1.54, 1.807) is 61.7 Å². The molecule has 6 nitrogen and oxygen atoms in total. The molecule has 3 rings (SSSR count). The van der Waals surface area contributed by atoms with Crippen molar-refractivity contribution in [3.63, 3.8) is 0 Å². The SMILES string of the molecule is COc1ccc(CCCNC(=O)CN(c2ccccc2)S(=O)(=O)c2ccc(C)cc2)cc1. The minimum absolute atomic E-state index is 0.152. The number of ether oxygens (including phenoxy) is 1. The van der Waals surface area contributed by atoms with Gasteiger partial charge in [-0.2, -0.15) is 0 Å². The van der Waals surface area contributed by atoms with Gasteiger partial charge in [-0.05, 0) is 61.7 Å². The van der Waals surface area contributed by atoms with E-state index >= 15 is 0 Å². The third-order valence-electron chi connectivity index (χ3n) is 5.06. The Morgan fingerprint density at radius 2 is 1.59 bits per heavy atom. The number of sulfonamides is 1. The molecule has 1 N–H and O–H groups in total. The largest absolute Gasteiger partial charge is 0.497 e. The second-order valence-corrected chi connectivity index (χ2v) is 9.32. The minimum Gasteiger partial charge on any atom is -0.497 e. The Hall–Kier alpha value is -3.32. The highest BCUT2D eigenvalue weighted by atomic mass is 32.2. The number of aryl methyl sites for hydroxylation is 2. The van der Waals surface area contributed by atoms with Crippen molar-refractivity contribution in [2.24, 2.45) is 0 Å². The van der Waals surface area contributed by atoms with Crippen LogP contribution in [0.2, 0.25) is 0 Å². The smallest absolute Gasteiger partial charge is 0.264 e. The van der Waals surface area contributed by atoms with Crippen LogP contribution in [0, 0.1) is 6.92 Å². The summed E-state index contributed by atoms with van der Waals surface area (Å²) in [5.41, 5.74) is 2.55. The highest BCUT2D eigenvalue weighted by molar-refractivity contribution is 7.92.